The molecule has 0 aliphatic heterocycles. The Morgan fingerprint density at radius 2 is 1.81 bits per heavy atom. The quantitative estimate of drug-likeness (QED) is 0.350. The van der Waals surface area contributed by atoms with Gasteiger partial charge in [-0.25, -0.2) is 0 Å². The van der Waals surface area contributed by atoms with Crippen molar-refractivity contribution in [2.45, 2.75) is 41.0 Å². The molecule has 2 aromatic rings. The van der Waals surface area contributed by atoms with Crippen LogP contribution in [-0.4, -0.2) is 0 Å². The number of aryl methyl sites for hydroxylation is 3. The summed E-state index contributed by atoms with van der Waals surface area (Å²) in [4.78, 5) is 0. The molecule has 0 fully saturated rings. The topological polar surface area (TPSA) is 0 Å². The molecule has 0 aliphatic rings. The van der Waals surface area contributed by atoms with Crippen molar-refractivity contribution in [3.8, 4) is 0 Å². The van der Waals surface area contributed by atoms with Gasteiger partial charge in [-0.2, -0.15) is 0 Å². The smallest absolute Gasteiger partial charge is 0.0155 e. The SMILES string of the molecule is C=C(Pc1ccc(C)cc1C)c1ccc(C(=C)/C(C)=C\C=C/C)c(CC)c1. The summed E-state index contributed by atoms with van der Waals surface area (Å²) in [5.41, 5.74) is 8.76. The van der Waals surface area contributed by atoms with E-state index in [1.54, 1.807) is 0 Å². The zero-order valence-electron chi connectivity index (χ0n) is 17.3. The maximum atomic E-state index is 4.38. The minimum Gasteiger partial charge on any atom is -0.0909 e. The van der Waals surface area contributed by atoms with Gasteiger partial charge in [-0.15, -0.1) is 0 Å². The summed E-state index contributed by atoms with van der Waals surface area (Å²) in [5.74, 6) is 0. The van der Waals surface area contributed by atoms with E-state index in [-0.39, 0.29) is 0 Å². The summed E-state index contributed by atoms with van der Waals surface area (Å²) < 4.78 is 0. The van der Waals surface area contributed by atoms with Gasteiger partial charge in [0, 0.05) is 0 Å². The fourth-order valence-corrected chi connectivity index (χ4v) is 4.17. The van der Waals surface area contributed by atoms with Crippen LogP contribution >= 0.6 is 8.58 Å². The number of benzene rings is 2. The molecule has 140 valence electrons. The van der Waals surface area contributed by atoms with Crippen LogP contribution in [0.1, 0.15) is 48.6 Å². The molecule has 0 N–H and O–H groups in total. The lowest BCUT2D eigenvalue weighted by Gasteiger charge is -2.15. The molecule has 27 heavy (non-hydrogen) atoms. The highest BCUT2D eigenvalue weighted by atomic mass is 31.1. The Bertz CT molecular complexity index is 910. The van der Waals surface area contributed by atoms with Crippen LogP contribution < -0.4 is 5.30 Å². The molecule has 2 aromatic carbocycles. The first-order chi connectivity index (χ1) is 12.9. The molecule has 0 nitrogen and oxygen atoms in total. The lowest BCUT2D eigenvalue weighted by Crippen LogP contribution is -2.01. The summed E-state index contributed by atoms with van der Waals surface area (Å²) in [5, 5.41) is 2.57. The van der Waals surface area contributed by atoms with E-state index in [4.69, 9.17) is 0 Å². The third-order valence-corrected chi connectivity index (χ3v) is 6.26. The molecule has 1 unspecified atom stereocenters. The van der Waals surface area contributed by atoms with Crippen LogP contribution in [0, 0.1) is 13.8 Å². The second-order valence-electron chi connectivity index (χ2n) is 7.00. The monoisotopic (exact) mass is 374 g/mol. The molecule has 1 atom stereocenters. The number of hydrogen-bond donors (Lipinski definition) is 0. The Labute approximate surface area is 167 Å². The summed E-state index contributed by atoms with van der Waals surface area (Å²) in [6.45, 7) is 19.4. The van der Waals surface area contributed by atoms with Crippen molar-refractivity contribution in [3.63, 3.8) is 0 Å². The Morgan fingerprint density at radius 1 is 1.07 bits per heavy atom. The Balaban J connectivity index is 2.29. The molecule has 0 spiro atoms. The summed E-state index contributed by atoms with van der Waals surface area (Å²) >= 11 is 0. The van der Waals surface area contributed by atoms with Crippen LogP contribution in [0.15, 0.2) is 73.4 Å². The Kier molecular flexibility index (Phi) is 7.57. The van der Waals surface area contributed by atoms with Gasteiger partial charge < -0.3 is 0 Å². The molecule has 0 aliphatic carbocycles. The van der Waals surface area contributed by atoms with Gasteiger partial charge in [-0.3, -0.25) is 0 Å². The Hall–Kier alpha value is -2.17. The van der Waals surface area contributed by atoms with Crippen molar-refractivity contribution < 1.29 is 0 Å². The predicted octanol–water partition coefficient (Wildman–Crippen LogP) is 7.38. The second-order valence-corrected chi connectivity index (χ2v) is 8.39. The van der Waals surface area contributed by atoms with E-state index in [0.29, 0.717) is 8.58 Å². The zero-order valence-corrected chi connectivity index (χ0v) is 18.3. The first kappa shape index (κ1) is 21.1. The molecule has 0 saturated heterocycles. The molecule has 1 heteroatoms. The van der Waals surface area contributed by atoms with Crippen LogP contribution in [-0.2, 0) is 6.42 Å². The Morgan fingerprint density at radius 3 is 2.44 bits per heavy atom. The lowest BCUT2D eigenvalue weighted by molar-refractivity contribution is 1.13. The number of allylic oxidation sites excluding steroid dienone is 5. The van der Waals surface area contributed by atoms with Gasteiger partial charge in [-0.1, -0.05) is 88.9 Å². The average Bonchev–Trinajstić information content (AvgIpc) is 2.67. The summed E-state index contributed by atoms with van der Waals surface area (Å²) in [6.07, 6.45) is 7.21. The van der Waals surface area contributed by atoms with Crippen molar-refractivity contribution in [3.05, 3.63) is 101 Å². The first-order valence-electron chi connectivity index (χ1n) is 9.53. The third-order valence-electron chi connectivity index (χ3n) is 4.84. The van der Waals surface area contributed by atoms with E-state index in [1.165, 1.54) is 44.0 Å². The molecule has 0 aromatic heterocycles. The normalized spacial score (nSPS) is 12.3. The molecule has 2 rings (SSSR count). The fraction of sp³-hybridized carbons (Fsp3) is 0.231. The van der Waals surface area contributed by atoms with Crippen molar-refractivity contribution in [2.75, 3.05) is 0 Å². The van der Waals surface area contributed by atoms with Gasteiger partial charge in [0.15, 0.2) is 0 Å². The maximum absolute atomic E-state index is 4.38. The maximum Gasteiger partial charge on any atom is -0.0155 e. The summed E-state index contributed by atoms with van der Waals surface area (Å²) in [7, 11) is 0.598. The van der Waals surface area contributed by atoms with E-state index in [2.05, 4.69) is 89.4 Å². The van der Waals surface area contributed by atoms with Gasteiger partial charge in [0.05, 0.1) is 0 Å². The van der Waals surface area contributed by atoms with E-state index >= 15 is 0 Å². The molecule has 0 saturated carbocycles. The van der Waals surface area contributed by atoms with Crippen molar-refractivity contribution in [1.82, 2.24) is 0 Å². The van der Waals surface area contributed by atoms with Crippen LogP contribution in [0.25, 0.3) is 10.9 Å². The zero-order chi connectivity index (χ0) is 20.0. The lowest BCUT2D eigenvalue weighted by atomic mass is 9.93. The molecular formula is C26H31P. The number of rotatable bonds is 7. The van der Waals surface area contributed by atoms with E-state index in [9.17, 15) is 0 Å². The average molecular weight is 375 g/mol. The van der Waals surface area contributed by atoms with E-state index in [0.717, 1.165) is 12.0 Å². The molecule has 0 bridgehead atoms. The summed E-state index contributed by atoms with van der Waals surface area (Å²) in [6, 6.07) is 13.4. The highest BCUT2D eigenvalue weighted by molar-refractivity contribution is 7.58. The van der Waals surface area contributed by atoms with Crippen LogP contribution in [0.5, 0.6) is 0 Å². The van der Waals surface area contributed by atoms with Crippen molar-refractivity contribution in [1.29, 1.82) is 0 Å². The molecule has 0 radical (unpaired) electrons. The largest absolute Gasteiger partial charge is 0.0909 e. The predicted molar refractivity (Wildman–Crippen MR) is 126 cm³/mol. The third kappa shape index (κ3) is 5.41. The second kappa shape index (κ2) is 9.67. The van der Waals surface area contributed by atoms with Gasteiger partial charge >= 0.3 is 0 Å². The highest BCUT2D eigenvalue weighted by Gasteiger charge is 2.10. The highest BCUT2D eigenvalue weighted by Crippen LogP contribution is 2.35. The van der Waals surface area contributed by atoms with E-state index < -0.39 is 0 Å². The number of hydrogen-bond acceptors (Lipinski definition) is 0. The van der Waals surface area contributed by atoms with Crippen LogP contribution in [0.2, 0.25) is 0 Å². The van der Waals surface area contributed by atoms with Crippen molar-refractivity contribution in [2.24, 2.45) is 0 Å². The molecule has 0 heterocycles. The van der Waals surface area contributed by atoms with Gasteiger partial charge in [-0.05, 0) is 78.1 Å². The minimum absolute atomic E-state index is 0.598. The fourth-order valence-electron chi connectivity index (χ4n) is 3.11. The standard InChI is InChI=1S/C26H31P/c1-8-10-11-19(4)21(6)25-14-13-24(17-23(25)9-2)22(7)27-26-15-12-18(3)16-20(26)5/h8,10-17,27H,6-7,9H2,1-5H3/b10-8-,19-11-. The molecule has 0 amide bonds. The van der Waals surface area contributed by atoms with Crippen LogP contribution in [0.3, 0.4) is 0 Å². The first-order valence-corrected chi connectivity index (χ1v) is 10.5. The van der Waals surface area contributed by atoms with E-state index in [1.807, 2.05) is 13.0 Å². The minimum atomic E-state index is 0.598. The van der Waals surface area contributed by atoms with Crippen molar-refractivity contribution >= 4 is 24.8 Å². The molecular weight excluding hydrogens is 343 g/mol. The van der Waals surface area contributed by atoms with Gasteiger partial charge in [0.25, 0.3) is 0 Å². The van der Waals surface area contributed by atoms with Gasteiger partial charge in [0.1, 0.15) is 0 Å². The van der Waals surface area contributed by atoms with Gasteiger partial charge in [0.2, 0.25) is 0 Å². The van der Waals surface area contributed by atoms with Crippen LogP contribution in [0.4, 0.5) is 0 Å².